The number of likely N-dealkylation sites (N-methyl/N-ethyl adjacent to an activating group) is 1. The average molecular weight is 215 g/mol. The summed E-state index contributed by atoms with van der Waals surface area (Å²) in [5.74, 6) is -0.589. The summed E-state index contributed by atoms with van der Waals surface area (Å²) in [4.78, 5) is 24.0. The lowest BCUT2D eigenvalue weighted by Crippen LogP contribution is -2.41. The highest BCUT2D eigenvalue weighted by Crippen LogP contribution is 2.09. The molecule has 0 radical (unpaired) electrons. The van der Waals surface area contributed by atoms with E-state index in [4.69, 9.17) is 11.5 Å². The minimum atomic E-state index is -0.476. The lowest BCUT2D eigenvalue weighted by atomic mass is 10.0. The van der Waals surface area contributed by atoms with E-state index in [-0.39, 0.29) is 18.4 Å². The van der Waals surface area contributed by atoms with E-state index in [1.165, 1.54) is 4.90 Å². The van der Waals surface area contributed by atoms with Crippen molar-refractivity contribution in [1.82, 2.24) is 4.90 Å². The van der Waals surface area contributed by atoms with Crippen LogP contribution in [-0.4, -0.2) is 36.3 Å². The summed E-state index contributed by atoms with van der Waals surface area (Å²) in [6, 6.07) is 0. The van der Waals surface area contributed by atoms with Gasteiger partial charge in [0, 0.05) is 12.5 Å². The van der Waals surface area contributed by atoms with Crippen LogP contribution in [0.15, 0.2) is 0 Å². The largest absolute Gasteiger partial charge is 0.368 e. The van der Waals surface area contributed by atoms with Gasteiger partial charge >= 0.3 is 0 Å². The third-order valence-corrected chi connectivity index (χ3v) is 2.30. The van der Waals surface area contributed by atoms with E-state index in [1.54, 1.807) is 0 Å². The molecule has 5 nitrogen and oxygen atoms in total. The second kappa shape index (κ2) is 7.23. The van der Waals surface area contributed by atoms with E-state index in [2.05, 4.69) is 0 Å². The molecule has 0 aliphatic heterocycles. The molecule has 0 bridgehead atoms. The smallest absolute Gasteiger partial charge is 0.237 e. The number of carbonyl (C=O) groups excluding carboxylic acids is 2. The molecule has 0 rings (SSSR count). The maximum Gasteiger partial charge on any atom is 0.237 e. The monoisotopic (exact) mass is 215 g/mol. The summed E-state index contributed by atoms with van der Waals surface area (Å²) in [5.41, 5.74) is 10.4. The second-order valence-corrected chi connectivity index (χ2v) is 3.65. The first-order valence-corrected chi connectivity index (χ1v) is 5.30. The molecule has 0 heterocycles. The maximum absolute atomic E-state index is 11.8. The van der Waals surface area contributed by atoms with Crippen molar-refractivity contribution in [3.05, 3.63) is 0 Å². The van der Waals surface area contributed by atoms with Crippen LogP contribution in [0.2, 0.25) is 0 Å². The van der Waals surface area contributed by atoms with Gasteiger partial charge in [0.2, 0.25) is 11.8 Å². The van der Waals surface area contributed by atoms with Gasteiger partial charge in [-0.15, -0.1) is 0 Å². The number of nitrogens with two attached hydrogens (primary N) is 2. The van der Waals surface area contributed by atoms with E-state index in [9.17, 15) is 9.59 Å². The van der Waals surface area contributed by atoms with E-state index in [0.29, 0.717) is 13.1 Å². The normalized spacial score (nSPS) is 12.2. The zero-order chi connectivity index (χ0) is 11.8. The van der Waals surface area contributed by atoms with Crippen molar-refractivity contribution in [1.29, 1.82) is 0 Å². The van der Waals surface area contributed by atoms with Crippen LogP contribution in [0.25, 0.3) is 0 Å². The molecule has 0 aliphatic rings. The predicted octanol–water partition coefficient (Wildman–Crippen LogP) is -0.305. The molecule has 88 valence electrons. The molecule has 2 amide bonds. The van der Waals surface area contributed by atoms with E-state index < -0.39 is 5.91 Å². The molecule has 0 aromatic carbocycles. The fourth-order valence-corrected chi connectivity index (χ4v) is 1.39. The lowest BCUT2D eigenvalue weighted by molar-refractivity contribution is -0.138. The molecule has 0 aliphatic carbocycles. The van der Waals surface area contributed by atoms with Crippen LogP contribution >= 0.6 is 0 Å². The average Bonchev–Trinajstić information content (AvgIpc) is 2.21. The van der Waals surface area contributed by atoms with Gasteiger partial charge in [-0.25, -0.2) is 0 Å². The van der Waals surface area contributed by atoms with Gasteiger partial charge in [-0.2, -0.15) is 0 Å². The molecule has 5 heteroatoms. The Morgan fingerprint density at radius 1 is 1.40 bits per heavy atom. The Morgan fingerprint density at radius 3 is 2.40 bits per heavy atom. The van der Waals surface area contributed by atoms with Gasteiger partial charge < -0.3 is 16.4 Å². The highest BCUT2D eigenvalue weighted by Gasteiger charge is 2.19. The van der Waals surface area contributed by atoms with Crippen molar-refractivity contribution in [2.45, 2.75) is 26.7 Å². The van der Waals surface area contributed by atoms with Crippen molar-refractivity contribution in [2.24, 2.45) is 17.4 Å². The number of hydrogen-bond acceptors (Lipinski definition) is 3. The first kappa shape index (κ1) is 13.9. The first-order chi connectivity index (χ1) is 7.02. The second-order valence-electron chi connectivity index (χ2n) is 3.65. The van der Waals surface area contributed by atoms with Gasteiger partial charge in [0.15, 0.2) is 0 Å². The summed E-state index contributed by atoms with van der Waals surface area (Å²) >= 11 is 0. The number of hydrogen-bond donors (Lipinski definition) is 2. The van der Waals surface area contributed by atoms with Crippen LogP contribution in [0.4, 0.5) is 0 Å². The van der Waals surface area contributed by atoms with Gasteiger partial charge in [-0.05, 0) is 26.3 Å². The van der Waals surface area contributed by atoms with Crippen molar-refractivity contribution in [3.8, 4) is 0 Å². The molecule has 15 heavy (non-hydrogen) atoms. The van der Waals surface area contributed by atoms with Crippen LogP contribution in [0.3, 0.4) is 0 Å². The fourth-order valence-electron chi connectivity index (χ4n) is 1.39. The Hall–Kier alpha value is -1.10. The Labute approximate surface area is 90.8 Å². The summed E-state index contributed by atoms with van der Waals surface area (Å²) in [6.07, 6.45) is 1.58. The summed E-state index contributed by atoms with van der Waals surface area (Å²) in [6.45, 7) is 4.77. The van der Waals surface area contributed by atoms with Crippen LogP contribution < -0.4 is 11.5 Å². The predicted molar refractivity (Wildman–Crippen MR) is 58.9 cm³/mol. The van der Waals surface area contributed by atoms with Gasteiger partial charge in [0.05, 0.1) is 6.54 Å². The van der Waals surface area contributed by atoms with Gasteiger partial charge in [-0.3, -0.25) is 9.59 Å². The Balaban J connectivity index is 4.17. The Kier molecular flexibility index (Phi) is 6.70. The summed E-state index contributed by atoms with van der Waals surface area (Å²) < 4.78 is 0. The molecule has 0 aromatic rings. The number of rotatable bonds is 7. The van der Waals surface area contributed by atoms with Crippen LogP contribution in [0, 0.1) is 5.92 Å². The quantitative estimate of drug-likeness (QED) is 0.610. The van der Waals surface area contributed by atoms with E-state index in [0.717, 1.165) is 12.8 Å². The molecular weight excluding hydrogens is 194 g/mol. The zero-order valence-electron chi connectivity index (χ0n) is 9.53. The third-order valence-electron chi connectivity index (χ3n) is 2.30. The third kappa shape index (κ3) is 5.37. The molecular formula is C10H21N3O2. The molecule has 1 atom stereocenters. The SMILES string of the molecule is CCN(CC(N)=O)C(=O)C(C)CCCN. The maximum atomic E-state index is 11.8. The molecule has 0 aromatic heterocycles. The van der Waals surface area contributed by atoms with Crippen molar-refractivity contribution >= 4 is 11.8 Å². The Morgan fingerprint density at radius 2 is 2.00 bits per heavy atom. The highest BCUT2D eigenvalue weighted by molar-refractivity contribution is 5.84. The van der Waals surface area contributed by atoms with Crippen molar-refractivity contribution < 1.29 is 9.59 Å². The van der Waals surface area contributed by atoms with E-state index in [1.807, 2.05) is 13.8 Å². The minimum absolute atomic E-state index is 0.00228. The van der Waals surface area contributed by atoms with Crippen LogP contribution in [0.1, 0.15) is 26.7 Å². The van der Waals surface area contributed by atoms with Gasteiger partial charge in [-0.1, -0.05) is 6.92 Å². The highest BCUT2D eigenvalue weighted by atomic mass is 16.2. The molecule has 4 N–H and O–H groups in total. The molecule has 1 unspecified atom stereocenters. The molecule has 0 saturated carbocycles. The first-order valence-electron chi connectivity index (χ1n) is 5.30. The fraction of sp³-hybridized carbons (Fsp3) is 0.800. The number of amides is 2. The summed E-state index contributed by atoms with van der Waals surface area (Å²) in [5, 5.41) is 0. The number of nitrogens with zero attached hydrogens (tertiary/aromatic N) is 1. The number of primary amides is 1. The van der Waals surface area contributed by atoms with E-state index >= 15 is 0 Å². The summed E-state index contributed by atoms with van der Waals surface area (Å²) in [7, 11) is 0. The zero-order valence-corrected chi connectivity index (χ0v) is 9.53. The van der Waals surface area contributed by atoms with Gasteiger partial charge in [0.1, 0.15) is 0 Å². The minimum Gasteiger partial charge on any atom is -0.368 e. The lowest BCUT2D eigenvalue weighted by Gasteiger charge is -2.22. The molecule has 0 fully saturated rings. The van der Waals surface area contributed by atoms with Crippen LogP contribution in [-0.2, 0) is 9.59 Å². The number of carbonyl (C=O) groups is 2. The molecule has 0 spiro atoms. The van der Waals surface area contributed by atoms with Crippen LogP contribution in [0.5, 0.6) is 0 Å². The van der Waals surface area contributed by atoms with Gasteiger partial charge in [0.25, 0.3) is 0 Å². The van der Waals surface area contributed by atoms with Crippen molar-refractivity contribution in [3.63, 3.8) is 0 Å². The Bertz CT molecular complexity index is 219. The standard InChI is InChI=1S/C10H21N3O2/c1-3-13(7-9(12)14)10(15)8(2)5-4-6-11/h8H,3-7,11H2,1-2H3,(H2,12,14). The topological polar surface area (TPSA) is 89.4 Å². The molecule has 0 saturated heterocycles. The van der Waals surface area contributed by atoms with Crippen molar-refractivity contribution in [2.75, 3.05) is 19.6 Å².